The van der Waals surface area contributed by atoms with Crippen LogP contribution in [0.15, 0.2) is 24.4 Å². The highest BCUT2D eigenvalue weighted by Crippen LogP contribution is 2.22. The summed E-state index contributed by atoms with van der Waals surface area (Å²) >= 11 is 1.21. The number of rotatable bonds is 6. The number of carbonyl (C=O) groups is 2. The van der Waals surface area contributed by atoms with Crippen LogP contribution in [0, 0.1) is 11.6 Å². The summed E-state index contributed by atoms with van der Waals surface area (Å²) in [5.74, 6) is -2.80. The van der Waals surface area contributed by atoms with Gasteiger partial charge in [-0.15, -0.1) is 11.3 Å². The predicted octanol–water partition coefficient (Wildman–Crippen LogP) is 2.95. The van der Waals surface area contributed by atoms with Crippen molar-refractivity contribution < 1.29 is 23.5 Å². The van der Waals surface area contributed by atoms with Gasteiger partial charge in [-0.3, -0.25) is 10.1 Å². The molecule has 1 aromatic carbocycles. The van der Waals surface area contributed by atoms with Crippen molar-refractivity contribution in [1.29, 1.82) is 0 Å². The Morgan fingerprint density at radius 3 is 2.75 bits per heavy atom. The maximum absolute atomic E-state index is 13.2. The molecule has 0 spiro atoms. The normalized spacial score (nSPS) is 10.5. The molecule has 2 aromatic rings. The first-order valence-electron chi connectivity index (χ1n) is 6.97. The second-order valence-electron chi connectivity index (χ2n) is 5.05. The molecule has 0 aliphatic heterocycles. The van der Waals surface area contributed by atoms with Crippen LogP contribution in [0.3, 0.4) is 0 Å². The Balaban J connectivity index is 1.93. The number of amides is 2. The summed E-state index contributed by atoms with van der Waals surface area (Å²) in [6, 6.07) is 3.19. The Morgan fingerprint density at radius 2 is 2.08 bits per heavy atom. The minimum Gasteiger partial charge on any atom is -0.481 e. The third-order valence-corrected chi connectivity index (χ3v) is 4.05. The molecule has 0 unspecified atom stereocenters. The maximum Gasteiger partial charge on any atom is 0.323 e. The first kappa shape index (κ1) is 17.8. The molecule has 128 valence electrons. The van der Waals surface area contributed by atoms with Gasteiger partial charge in [-0.1, -0.05) is 6.07 Å². The van der Waals surface area contributed by atoms with Crippen molar-refractivity contribution in [2.45, 2.75) is 12.8 Å². The van der Waals surface area contributed by atoms with Crippen molar-refractivity contribution in [1.82, 2.24) is 9.88 Å². The molecule has 0 fully saturated rings. The predicted molar refractivity (Wildman–Crippen MR) is 85.2 cm³/mol. The van der Waals surface area contributed by atoms with Crippen molar-refractivity contribution in [2.75, 3.05) is 18.9 Å². The molecule has 0 radical (unpaired) electrons. The van der Waals surface area contributed by atoms with Crippen LogP contribution < -0.4 is 5.32 Å². The number of thiazole rings is 1. The van der Waals surface area contributed by atoms with E-state index in [-0.39, 0.29) is 13.0 Å². The van der Waals surface area contributed by atoms with E-state index in [1.807, 2.05) is 0 Å². The summed E-state index contributed by atoms with van der Waals surface area (Å²) in [5, 5.41) is 11.5. The van der Waals surface area contributed by atoms with Crippen LogP contribution >= 0.6 is 11.3 Å². The fraction of sp³-hybridized carbons (Fsp3) is 0.267. The van der Waals surface area contributed by atoms with Gasteiger partial charge in [0.1, 0.15) is 0 Å². The Bertz CT molecular complexity index is 751. The largest absolute Gasteiger partial charge is 0.481 e. The quantitative estimate of drug-likeness (QED) is 0.835. The number of hydrogen-bond donors (Lipinski definition) is 2. The van der Waals surface area contributed by atoms with Gasteiger partial charge in [0.2, 0.25) is 0 Å². The smallest absolute Gasteiger partial charge is 0.323 e. The number of nitrogens with one attached hydrogen (secondary N) is 1. The summed E-state index contributed by atoms with van der Waals surface area (Å²) in [6.07, 6.45) is 1.75. The molecule has 2 rings (SSSR count). The molecule has 0 atom stereocenters. The molecule has 9 heteroatoms. The van der Waals surface area contributed by atoms with Crippen molar-refractivity contribution in [3.05, 3.63) is 46.5 Å². The number of aromatic nitrogens is 1. The molecule has 2 amide bonds. The number of carboxylic acids is 1. The molecular weight excluding hydrogens is 340 g/mol. The summed E-state index contributed by atoms with van der Waals surface area (Å²) < 4.78 is 26.1. The number of hydrogen-bond acceptors (Lipinski definition) is 4. The summed E-state index contributed by atoms with van der Waals surface area (Å²) in [6.45, 7) is 0.0776. The zero-order valence-electron chi connectivity index (χ0n) is 12.8. The molecule has 2 N–H and O–H groups in total. The fourth-order valence-corrected chi connectivity index (χ4v) is 2.69. The van der Waals surface area contributed by atoms with Gasteiger partial charge in [0.25, 0.3) is 0 Å². The van der Waals surface area contributed by atoms with Gasteiger partial charge in [0, 0.05) is 31.1 Å². The SMILES string of the molecule is CN(CCC(=O)O)C(=O)Nc1ncc(Cc2ccc(F)c(F)c2)s1. The molecule has 1 aromatic heterocycles. The van der Waals surface area contributed by atoms with Crippen LogP contribution in [0.25, 0.3) is 0 Å². The molecule has 0 aliphatic carbocycles. The highest BCUT2D eigenvalue weighted by atomic mass is 32.1. The van der Waals surface area contributed by atoms with Gasteiger partial charge in [0.05, 0.1) is 6.42 Å². The molecular formula is C15H15F2N3O3S. The highest BCUT2D eigenvalue weighted by molar-refractivity contribution is 7.15. The molecule has 0 aliphatic rings. The number of aliphatic carboxylic acids is 1. The fourth-order valence-electron chi connectivity index (χ4n) is 1.85. The second-order valence-corrected chi connectivity index (χ2v) is 6.17. The van der Waals surface area contributed by atoms with Crippen molar-refractivity contribution in [3.8, 4) is 0 Å². The Kier molecular flexibility index (Phi) is 5.80. The lowest BCUT2D eigenvalue weighted by Crippen LogP contribution is -2.33. The molecule has 6 nitrogen and oxygen atoms in total. The average molecular weight is 355 g/mol. The zero-order chi connectivity index (χ0) is 17.7. The van der Waals surface area contributed by atoms with E-state index in [0.717, 1.165) is 17.0 Å². The second kappa shape index (κ2) is 7.82. The Morgan fingerprint density at radius 1 is 1.33 bits per heavy atom. The Labute approximate surface area is 140 Å². The average Bonchev–Trinajstić information content (AvgIpc) is 2.95. The number of carboxylic acid groups (broad SMARTS) is 1. The summed E-state index contributed by atoms with van der Waals surface area (Å²) in [7, 11) is 1.48. The van der Waals surface area contributed by atoms with Crippen LogP contribution in [-0.2, 0) is 11.2 Å². The number of halogens is 2. The zero-order valence-corrected chi connectivity index (χ0v) is 13.6. The molecule has 0 saturated heterocycles. The van der Waals surface area contributed by atoms with E-state index >= 15 is 0 Å². The van der Waals surface area contributed by atoms with E-state index in [1.165, 1.54) is 29.4 Å². The monoisotopic (exact) mass is 355 g/mol. The van der Waals surface area contributed by atoms with E-state index in [1.54, 1.807) is 6.20 Å². The number of anilines is 1. The van der Waals surface area contributed by atoms with E-state index in [2.05, 4.69) is 10.3 Å². The highest BCUT2D eigenvalue weighted by Gasteiger charge is 2.13. The lowest BCUT2D eigenvalue weighted by Gasteiger charge is -2.15. The first-order valence-corrected chi connectivity index (χ1v) is 7.79. The van der Waals surface area contributed by atoms with Gasteiger partial charge in [-0.05, 0) is 17.7 Å². The topological polar surface area (TPSA) is 82.5 Å². The third kappa shape index (κ3) is 4.98. The minimum atomic E-state index is -0.988. The molecule has 24 heavy (non-hydrogen) atoms. The lowest BCUT2D eigenvalue weighted by molar-refractivity contribution is -0.137. The lowest BCUT2D eigenvalue weighted by atomic mass is 10.1. The van der Waals surface area contributed by atoms with Crippen LogP contribution in [0.1, 0.15) is 16.9 Å². The van der Waals surface area contributed by atoms with Crippen LogP contribution in [0.2, 0.25) is 0 Å². The number of nitrogens with zero attached hydrogens (tertiary/aromatic N) is 2. The van der Waals surface area contributed by atoms with E-state index in [4.69, 9.17) is 5.11 Å². The van der Waals surface area contributed by atoms with Gasteiger partial charge in [-0.2, -0.15) is 0 Å². The van der Waals surface area contributed by atoms with Gasteiger partial charge < -0.3 is 10.0 Å². The standard InChI is InChI=1S/C15H15F2N3O3S/c1-20(5-4-13(21)22)15(23)19-14-18-8-10(24-14)6-9-2-3-11(16)12(17)7-9/h2-3,7-8H,4-6H2,1H3,(H,21,22)(H,18,19,23). The molecule has 0 saturated carbocycles. The van der Waals surface area contributed by atoms with Gasteiger partial charge >= 0.3 is 12.0 Å². The van der Waals surface area contributed by atoms with Crippen molar-refractivity contribution >= 4 is 28.5 Å². The van der Waals surface area contributed by atoms with Crippen LogP contribution in [0.5, 0.6) is 0 Å². The van der Waals surface area contributed by atoms with Crippen molar-refractivity contribution in [2.24, 2.45) is 0 Å². The van der Waals surface area contributed by atoms with E-state index < -0.39 is 23.6 Å². The number of carbonyl (C=O) groups excluding carboxylic acids is 1. The molecule has 1 heterocycles. The van der Waals surface area contributed by atoms with Crippen LogP contribution in [-0.4, -0.2) is 40.6 Å². The summed E-state index contributed by atoms with van der Waals surface area (Å²) in [4.78, 5) is 28.4. The van der Waals surface area contributed by atoms with Gasteiger partial charge in [0.15, 0.2) is 16.8 Å². The Hall–Kier alpha value is -2.55. The maximum atomic E-state index is 13.2. The van der Waals surface area contributed by atoms with Crippen molar-refractivity contribution in [3.63, 3.8) is 0 Å². The van der Waals surface area contributed by atoms with E-state index in [0.29, 0.717) is 17.1 Å². The first-order chi connectivity index (χ1) is 11.3. The van der Waals surface area contributed by atoms with E-state index in [9.17, 15) is 18.4 Å². The third-order valence-electron chi connectivity index (χ3n) is 3.14. The van der Waals surface area contributed by atoms with Crippen LogP contribution in [0.4, 0.5) is 18.7 Å². The van der Waals surface area contributed by atoms with Gasteiger partial charge in [-0.25, -0.2) is 18.6 Å². The minimum absolute atomic E-state index is 0.0776. The summed E-state index contributed by atoms with van der Waals surface area (Å²) in [5.41, 5.74) is 0.592. The molecule has 0 bridgehead atoms. The number of benzene rings is 1. The number of urea groups is 1.